The minimum atomic E-state index is 0.213. The largest absolute Gasteiger partial charge is 0.486 e. The molecule has 0 aliphatic carbocycles. The first-order valence-electron chi connectivity index (χ1n) is 6.34. The Labute approximate surface area is 118 Å². The van der Waals surface area contributed by atoms with Crippen LogP contribution in [0.3, 0.4) is 0 Å². The van der Waals surface area contributed by atoms with Gasteiger partial charge in [-0.2, -0.15) is 15.4 Å². The van der Waals surface area contributed by atoms with Gasteiger partial charge in [0.15, 0.2) is 11.5 Å². The summed E-state index contributed by atoms with van der Waals surface area (Å²) in [6.07, 6.45) is 1.55. The van der Waals surface area contributed by atoms with Crippen LogP contribution in [-0.2, 0) is 0 Å². The molecule has 0 bridgehead atoms. The topological polar surface area (TPSA) is 112 Å². The third-order valence-electron chi connectivity index (χ3n) is 3.21. The molecule has 1 aliphatic rings. The van der Waals surface area contributed by atoms with Gasteiger partial charge in [-0.05, 0) is 17.7 Å². The molecule has 2 aromatic heterocycles. The number of nitrogens with zero attached hydrogens (tertiary/aromatic N) is 3. The third-order valence-corrected chi connectivity index (χ3v) is 3.21. The summed E-state index contributed by atoms with van der Waals surface area (Å²) in [4.78, 5) is 0. The Bertz CT molecular complexity index is 781. The first kappa shape index (κ1) is 11.8. The van der Waals surface area contributed by atoms with Gasteiger partial charge in [-0.15, -0.1) is 0 Å². The summed E-state index contributed by atoms with van der Waals surface area (Å²) in [6.45, 7) is 1.07. The van der Waals surface area contributed by atoms with E-state index >= 15 is 0 Å². The molecular weight excluding hydrogens is 274 g/mol. The van der Waals surface area contributed by atoms with Crippen LogP contribution in [0.25, 0.3) is 22.5 Å². The summed E-state index contributed by atoms with van der Waals surface area (Å²) in [5.74, 6) is 1.60. The molecule has 1 aromatic carbocycles. The zero-order chi connectivity index (χ0) is 14.2. The molecule has 21 heavy (non-hydrogen) atoms. The van der Waals surface area contributed by atoms with E-state index in [0.717, 1.165) is 5.56 Å². The van der Waals surface area contributed by atoms with Gasteiger partial charge in [0.1, 0.15) is 24.6 Å². The number of hydrogen-bond acceptors (Lipinski definition) is 7. The lowest BCUT2D eigenvalue weighted by atomic mass is 10.0. The van der Waals surface area contributed by atoms with Crippen LogP contribution in [0.5, 0.6) is 11.5 Å². The molecule has 0 spiro atoms. The number of ether oxygens (including phenoxy) is 2. The molecule has 8 nitrogen and oxygen atoms in total. The maximum atomic E-state index is 5.90. The van der Waals surface area contributed by atoms with Crippen molar-refractivity contribution in [3.8, 4) is 34.0 Å². The van der Waals surface area contributed by atoms with Crippen LogP contribution < -0.4 is 15.2 Å². The summed E-state index contributed by atoms with van der Waals surface area (Å²) in [5, 5.41) is 14.3. The zero-order valence-electron chi connectivity index (χ0n) is 10.9. The predicted octanol–water partition coefficient (Wildman–Crippen LogP) is 1.48. The SMILES string of the molecule is Nc1onc(-c2cn[nH]n2)c1-c1ccc2c(c1)OCCO2. The third kappa shape index (κ3) is 1.88. The van der Waals surface area contributed by atoms with Gasteiger partial charge in [0.25, 0.3) is 0 Å². The minimum Gasteiger partial charge on any atom is -0.486 e. The fraction of sp³-hybridized carbons (Fsp3) is 0.154. The van der Waals surface area contributed by atoms with E-state index in [1.807, 2.05) is 18.2 Å². The lowest BCUT2D eigenvalue weighted by molar-refractivity contribution is 0.171. The van der Waals surface area contributed by atoms with Gasteiger partial charge in [-0.1, -0.05) is 11.2 Å². The van der Waals surface area contributed by atoms with Crippen molar-refractivity contribution in [2.24, 2.45) is 0 Å². The number of aromatic amines is 1. The van der Waals surface area contributed by atoms with Crippen molar-refractivity contribution in [3.05, 3.63) is 24.4 Å². The lowest BCUT2D eigenvalue weighted by Gasteiger charge is -2.18. The molecule has 1 aliphatic heterocycles. The van der Waals surface area contributed by atoms with Crippen LogP contribution in [0, 0.1) is 0 Å². The maximum absolute atomic E-state index is 5.90. The van der Waals surface area contributed by atoms with Crippen molar-refractivity contribution in [1.29, 1.82) is 0 Å². The summed E-state index contributed by atoms with van der Waals surface area (Å²) < 4.78 is 16.2. The maximum Gasteiger partial charge on any atom is 0.230 e. The smallest absolute Gasteiger partial charge is 0.230 e. The van der Waals surface area contributed by atoms with Crippen LogP contribution in [0.1, 0.15) is 0 Å². The highest BCUT2D eigenvalue weighted by atomic mass is 16.6. The zero-order valence-corrected chi connectivity index (χ0v) is 10.9. The Hall–Kier alpha value is -3.03. The van der Waals surface area contributed by atoms with Gasteiger partial charge in [0, 0.05) is 0 Å². The fourth-order valence-corrected chi connectivity index (χ4v) is 2.27. The molecule has 0 saturated heterocycles. The molecule has 0 fully saturated rings. The molecule has 3 N–H and O–H groups in total. The average Bonchev–Trinajstić information content (AvgIpc) is 3.16. The number of benzene rings is 1. The number of nitrogens with two attached hydrogens (primary N) is 1. The number of nitrogen functional groups attached to an aromatic ring is 1. The van der Waals surface area contributed by atoms with Gasteiger partial charge >= 0.3 is 0 Å². The van der Waals surface area contributed by atoms with Crippen LogP contribution in [0.2, 0.25) is 0 Å². The van der Waals surface area contributed by atoms with Gasteiger partial charge < -0.3 is 19.7 Å². The van der Waals surface area contributed by atoms with E-state index in [2.05, 4.69) is 20.6 Å². The summed E-state index contributed by atoms with van der Waals surface area (Å²) in [5.41, 5.74) is 8.45. The Morgan fingerprint density at radius 2 is 2.00 bits per heavy atom. The van der Waals surface area contributed by atoms with E-state index in [4.69, 9.17) is 19.7 Å². The van der Waals surface area contributed by atoms with Crippen molar-refractivity contribution in [2.75, 3.05) is 18.9 Å². The quantitative estimate of drug-likeness (QED) is 0.733. The van der Waals surface area contributed by atoms with E-state index in [0.29, 0.717) is 41.7 Å². The van der Waals surface area contributed by atoms with Crippen LogP contribution in [0.15, 0.2) is 28.9 Å². The normalized spacial score (nSPS) is 13.3. The number of anilines is 1. The Balaban J connectivity index is 1.85. The van der Waals surface area contributed by atoms with Gasteiger partial charge in [-0.3, -0.25) is 0 Å². The fourth-order valence-electron chi connectivity index (χ4n) is 2.27. The monoisotopic (exact) mass is 285 g/mol. The van der Waals surface area contributed by atoms with E-state index in [1.165, 1.54) is 0 Å². The molecule has 3 heterocycles. The standard InChI is InChI=1S/C13H11N5O3/c14-13-11(12(17-21-13)8-6-15-18-16-8)7-1-2-9-10(5-7)20-4-3-19-9/h1-2,5-6H,3-4,14H2,(H,15,16,18). The van der Waals surface area contributed by atoms with Crippen LogP contribution in [0.4, 0.5) is 5.88 Å². The number of rotatable bonds is 2. The highest BCUT2D eigenvalue weighted by Crippen LogP contribution is 2.40. The van der Waals surface area contributed by atoms with E-state index in [9.17, 15) is 0 Å². The molecular formula is C13H11N5O3. The summed E-state index contributed by atoms with van der Waals surface area (Å²) >= 11 is 0. The van der Waals surface area contributed by atoms with Crippen molar-refractivity contribution in [2.45, 2.75) is 0 Å². The average molecular weight is 285 g/mol. The number of aromatic nitrogens is 4. The van der Waals surface area contributed by atoms with Gasteiger partial charge in [0.05, 0.1) is 11.8 Å². The highest BCUT2D eigenvalue weighted by molar-refractivity contribution is 5.86. The molecule has 3 aromatic rings. The number of nitrogens with one attached hydrogen (secondary N) is 1. The van der Waals surface area contributed by atoms with Crippen molar-refractivity contribution >= 4 is 5.88 Å². The molecule has 0 atom stereocenters. The number of H-pyrrole nitrogens is 1. The molecule has 0 amide bonds. The summed E-state index contributed by atoms with van der Waals surface area (Å²) in [7, 11) is 0. The Morgan fingerprint density at radius 1 is 1.14 bits per heavy atom. The number of fused-ring (bicyclic) bond motifs is 1. The minimum absolute atomic E-state index is 0.213. The molecule has 8 heteroatoms. The van der Waals surface area contributed by atoms with Crippen molar-refractivity contribution in [3.63, 3.8) is 0 Å². The second-order valence-corrected chi connectivity index (χ2v) is 4.48. The van der Waals surface area contributed by atoms with E-state index in [-0.39, 0.29) is 5.88 Å². The van der Waals surface area contributed by atoms with E-state index < -0.39 is 0 Å². The van der Waals surface area contributed by atoms with Crippen LogP contribution >= 0.6 is 0 Å². The Kier molecular flexibility index (Phi) is 2.53. The first-order chi connectivity index (χ1) is 10.3. The van der Waals surface area contributed by atoms with Crippen molar-refractivity contribution in [1.82, 2.24) is 20.6 Å². The Morgan fingerprint density at radius 3 is 2.81 bits per heavy atom. The molecule has 0 saturated carbocycles. The highest BCUT2D eigenvalue weighted by Gasteiger charge is 2.21. The molecule has 0 radical (unpaired) electrons. The second kappa shape index (κ2) is 4.51. The second-order valence-electron chi connectivity index (χ2n) is 4.48. The van der Waals surface area contributed by atoms with Crippen LogP contribution in [-0.4, -0.2) is 33.8 Å². The number of hydrogen-bond donors (Lipinski definition) is 2. The van der Waals surface area contributed by atoms with Gasteiger partial charge in [0.2, 0.25) is 5.88 Å². The van der Waals surface area contributed by atoms with Gasteiger partial charge in [-0.25, -0.2) is 0 Å². The first-order valence-corrected chi connectivity index (χ1v) is 6.34. The van der Waals surface area contributed by atoms with Crippen molar-refractivity contribution < 1.29 is 14.0 Å². The molecule has 0 unspecified atom stereocenters. The molecule has 106 valence electrons. The molecule has 4 rings (SSSR count). The summed E-state index contributed by atoms with van der Waals surface area (Å²) in [6, 6.07) is 5.56. The van der Waals surface area contributed by atoms with E-state index in [1.54, 1.807) is 6.20 Å². The lowest BCUT2D eigenvalue weighted by Crippen LogP contribution is -2.15. The predicted molar refractivity (Wildman–Crippen MR) is 72.7 cm³/mol.